The normalized spacial score (nSPS) is 13.8. The molecule has 3 heterocycles. The van der Waals surface area contributed by atoms with E-state index in [-0.39, 0.29) is 5.56 Å². The van der Waals surface area contributed by atoms with Crippen molar-refractivity contribution in [3.8, 4) is 5.69 Å². The highest BCUT2D eigenvalue weighted by Crippen LogP contribution is 2.24. The monoisotopic (exact) mass is 304 g/mol. The minimum atomic E-state index is -0.0394. The third-order valence-electron chi connectivity index (χ3n) is 3.28. The largest absolute Gasteiger partial charge is 0.293 e. The van der Waals surface area contributed by atoms with E-state index < -0.39 is 0 Å². The fourth-order valence-electron chi connectivity index (χ4n) is 2.32. The predicted molar refractivity (Wildman–Crippen MR) is 78.9 cm³/mol. The number of imidazole rings is 1. The molecule has 3 aromatic rings. The summed E-state index contributed by atoms with van der Waals surface area (Å²) >= 11 is 7.48. The summed E-state index contributed by atoms with van der Waals surface area (Å²) in [7, 11) is 0. The van der Waals surface area contributed by atoms with Gasteiger partial charge in [-0.15, -0.1) is 0 Å². The number of nitrogens with zero attached hydrogens (tertiary/aromatic N) is 4. The standard InChI is InChI=1S/C13H9ClN4OS/c14-8-1-3-9(4-2-8)18-7-15-11-10(18)12(19)17-5-6-20-13(17)16-11/h1-4,7H,5-6H2. The van der Waals surface area contributed by atoms with Crippen LogP contribution in [0.15, 0.2) is 40.5 Å². The van der Waals surface area contributed by atoms with Crippen molar-refractivity contribution in [2.24, 2.45) is 0 Å². The van der Waals surface area contributed by atoms with Crippen LogP contribution >= 0.6 is 23.4 Å². The highest BCUT2D eigenvalue weighted by Gasteiger charge is 2.20. The zero-order valence-corrected chi connectivity index (χ0v) is 11.9. The van der Waals surface area contributed by atoms with Gasteiger partial charge in [-0.2, -0.15) is 0 Å². The average molecular weight is 305 g/mol. The van der Waals surface area contributed by atoms with Crippen LogP contribution in [0, 0.1) is 0 Å². The Labute approximate surface area is 123 Å². The summed E-state index contributed by atoms with van der Waals surface area (Å²) in [5.41, 5.74) is 1.81. The van der Waals surface area contributed by atoms with E-state index in [0.29, 0.717) is 22.7 Å². The molecule has 4 rings (SSSR count). The van der Waals surface area contributed by atoms with Crippen LogP contribution in [0.2, 0.25) is 5.02 Å². The van der Waals surface area contributed by atoms with Crippen molar-refractivity contribution in [2.75, 3.05) is 5.75 Å². The fourth-order valence-corrected chi connectivity index (χ4v) is 3.38. The van der Waals surface area contributed by atoms with E-state index in [1.807, 2.05) is 12.1 Å². The Balaban J connectivity index is 2.02. The van der Waals surface area contributed by atoms with Gasteiger partial charge in [-0.05, 0) is 24.3 Å². The van der Waals surface area contributed by atoms with Gasteiger partial charge in [0.2, 0.25) is 0 Å². The van der Waals surface area contributed by atoms with Gasteiger partial charge < -0.3 is 0 Å². The molecule has 0 amide bonds. The molecular weight excluding hydrogens is 296 g/mol. The summed E-state index contributed by atoms with van der Waals surface area (Å²) in [5.74, 6) is 0.885. The first-order chi connectivity index (χ1) is 9.74. The predicted octanol–water partition coefficient (Wildman–Crippen LogP) is 2.34. The van der Waals surface area contributed by atoms with Gasteiger partial charge >= 0.3 is 0 Å². The lowest BCUT2D eigenvalue weighted by molar-refractivity contribution is 0.665. The Morgan fingerprint density at radius 1 is 1.25 bits per heavy atom. The molecule has 5 nitrogen and oxygen atoms in total. The molecule has 0 bridgehead atoms. The minimum Gasteiger partial charge on any atom is -0.293 e. The van der Waals surface area contributed by atoms with Crippen molar-refractivity contribution in [3.05, 3.63) is 46.0 Å². The van der Waals surface area contributed by atoms with Gasteiger partial charge in [0.1, 0.15) is 6.33 Å². The lowest BCUT2D eigenvalue weighted by Gasteiger charge is -2.05. The molecule has 100 valence electrons. The van der Waals surface area contributed by atoms with Crippen LogP contribution in [0.5, 0.6) is 0 Å². The van der Waals surface area contributed by atoms with Gasteiger partial charge in [0.05, 0.1) is 0 Å². The third-order valence-corrected chi connectivity index (χ3v) is 4.49. The first-order valence-corrected chi connectivity index (χ1v) is 7.47. The van der Waals surface area contributed by atoms with Gasteiger partial charge in [-0.1, -0.05) is 23.4 Å². The van der Waals surface area contributed by atoms with Crippen LogP contribution in [0.4, 0.5) is 0 Å². The lowest BCUT2D eigenvalue weighted by atomic mass is 10.3. The molecule has 0 spiro atoms. The summed E-state index contributed by atoms with van der Waals surface area (Å²) in [6.07, 6.45) is 1.63. The molecule has 20 heavy (non-hydrogen) atoms. The SMILES string of the molecule is O=c1c2c(ncn2-c2ccc(Cl)cc2)nc2n1CCS2. The second kappa shape index (κ2) is 4.36. The molecule has 0 aliphatic carbocycles. The van der Waals surface area contributed by atoms with Crippen LogP contribution in [0.25, 0.3) is 16.9 Å². The topological polar surface area (TPSA) is 52.7 Å². The molecule has 0 saturated heterocycles. The van der Waals surface area contributed by atoms with Crippen LogP contribution < -0.4 is 5.56 Å². The van der Waals surface area contributed by atoms with E-state index in [0.717, 1.165) is 16.6 Å². The number of fused-ring (bicyclic) bond motifs is 2. The summed E-state index contributed by atoms with van der Waals surface area (Å²) in [6, 6.07) is 7.29. The van der Waals surface area contributed by atoms with Crippen LogP contribution in [-0.4, -0.2) is 24.9 Å². The van der Waals surface area contributed by atoms with E-state index in [2.05, 4.69) is 9.97 Å². The molecule has 7 heteroatoms. The maximum atomic E-state index is 12.6. The highest BCUT2D eigenvalue weighted by molar-refractivity contribution is 7.99. The molecule has 1 aromatic carbocycles. The Morgan fingerprint density at radius 3 is 2.85 bits per heavy atom. The van der Waals surface area contributed by atoms with Crippen molar-refractivity contribution in [1.82, 2.24) is 19.1 Å². The van der Waals surface area contributed by atoms with Gasteiger partial charge in [-0.3, -0.25) is 13.9 Å². The molecule has 0 unspecified atom stereocenters. The smallest absolute Gasteiger partial charge is 0.280 e. The first-order valence-electron chi connectivity index (χ1n) is 6.11. The molecule has 0 saturated carbocycles. The minimum absolute atomic E-state index is 0.0394. The summed E-state index contributed by atoms with van der Waals surface area (Å²) in [5, 5.41) is 1.41. The Bertz CT molecular complexity index is 868. The number of hydrogen-bond donors (Lipinski definition) is 0. The zero-order chi connectivity index (χ0) is 13.7. The Hall–Kier alpha value is -1.79. The van der Waals surface area contributed by atoms with E-state index in [1.165, 1.54) is 0 Å². The Kier molecular flexibility index (Phi) is 2.61. The number of halogens is 1. The van der Waals surface area contributed by atoms with E-state index in [9.17, 15) is 4.79 Å². The van der Waals surface area contributed by atoms with Gasteiger partial charge in [0.25, 0.3) is 5.56 Å². The van der Waals surface area contributed by atoms with Crippen molar-refractivity contribution in [1.29, 1.82) is 0 Å². The van der Waals surface area contributed by atoms with Crippen LogP contribution in [0.3, 0.4) is 0 Å². The molecule has 1 aliphatic heterocycles. The molecule has 0 radical (unpaired) electrons. The lowest BCUT2D eigenvalue weighted by Crippen LogP contribution is -2.22. The second-order valence-corrected chi connectivity index (χ2v) is 5.96. The number of benzene rings is 1. The van der Waals surface area contributed by atoms with E-state index in [4.69, 9.17) is 11.6 Å². The number of thioether (sulfide) groups is 1. The maximum absolute atomic E-state index is 12.6. The van der Waals surface area contributed by atoms with Crippen LogP contribution in [-0.2, 0) is 6.54 Å². The first kappa shape index (κ1) is 12.0. The molecule has 1 aliphatic rings. The molecule has 2 aromatic heterocycles. The number of hydrogen-bond acceptors (Lipinski definition) is 4. The van der Waals surface area contributed by atoms with Crippen molar-refractivity contribution in [2.45, 2.75) is 11.7 Å². The van der Waals surface area contributed by atoms with E-state index in [1.54, 1.807) is 39.4 Å². The third kappa shape index (κ3) is 1.68. The van der Waals surface area contributed by atoms with Crippen LogP contribution in [0.1, 0.15) is 0 Å². The molecule has 0 atom stereocenters. The summed E-state index contributed by atoms with van der Waals surface area (Å²) < 4.78 is 3.47. The maximum Gasteiger partial charge on any atom is 0.280 e. The average Bonchev–Trinajstić information content (AvgIpc) is 3.07. The van der Waals surface area contributed by atoms with Gasteiger partial charge in [0.15, 0.2) is 16.3 Å². The molecular formula is C13H9ClN4OS. The van der Waals surface area contributed by atoms with Gasteiger partial charge in [0, 0.05) is 23.0 Å². The number of rotatable bonds is 1. The zero-order valence-electron chi connectivity index (χ0n) is 10.3. The highest BCUT2D eigenvalue weighted by atomic mass is 35.5. The van der Waals surface area contributed by atoms with Crippen molar-refractivity contribution < 1.29 is 0 Å². The quantitative estimate of drug-likeness (QED) is 0.648. The summed E-state index contributed by atoms with van der Waals surface area (Å²) in [6.45, 7) is 0.702. The molecule has 0 fully saturated rings. The van der Waals surface area contributed by atoms with E-state index >= 15 is 0 Å². The Morgan fingerprint density at radius 2 is 2.05 bits per heavy atom. The number of aromatic nitrogens is 4. The van der Waals surface area contributed by atoms with Crippen molar-refractivity contribution >= 4 is 34.5 Å². The van der Waals surface area contributed by atoms with Crippen molar-refractivity contribution in [3.63, 3.8) is 0 Å². The van der Waals surface area contributed by atoms with Gasteiger partial charge in [-0.25, -0.2) is 9.97 Å². The summed E-state index contributed by atoms with van der Waals surface area (Å²) in [4.78, 5) is 21.3. The fraction of sp³-hybridized carbons (Fsp3) is 0.154. The second-order valence-electron chi connectivity index (χ2n) is 4.46. The molecule has 0 N–H and O–H groups in total.